The third kappa shape index (κ3) is 5.39. The van der Waals surface area contributed by atoms with Crippen molar-refractivity contribution in [2.24, 2.45) is 0 Å². The van der Waals surface area contributed by atoms with E-state index < -0.39 is 6.61 Å². The molecule has 0 aliphatic heterocycles. The summed E-state index contributed by atoms with van der Waals surface area (Å²) >= 11 is 0. The lowest BCUT2D eigenvalue weighted by Gasteiger charge is -2.14. The van der Waals surface area contributed by atoms with Crippen LogP contribution in [0.1, 0.15) is 5.56 Å². The van der Waals surface area contributed by atoms with Crippen molar-refractivity contribution in [1.82, 2.24) is 5.32 Å². The van der Waals surface area contributed by atoms with E-state index in [-0.39, 0.29) is 12.0 Å². The zero-order chi connectivity index (χ0) is 13.4. The molecule has 0 heterocycles. The largest absolute Gasteiger partial charge is 0.435 e. The number of ether oxygens (including phenoxy) is 3. The van der Waals surface area contributed by atoms with Gasteiger partial charge in [0, 0.05) is 27.3 Å². The van der Waals surface area contributed by atoms with E-state index >= 15 is 0 Å². The van der Waals surface area contributed by atoms with Gasteiger partial charge in [-0.1, -0.05) is 12.1 Å². The third-order valence-electron chi connectivity index (χ3n) is 2.31. The number of benzene rings is 1. The van der Waals surface area contributed by atoms with Crippen LogP contribution in [0.3, 0.4) is 0 Å². The van der Waals surface area contributed by atoms with E-state index in [1.54, 1.807) is 26.4 Å². The molecule has 0 atom stereocenters. The molecule has 0 bridgehead atoms. The van der Waals surface area contributed by atoms with Crippen molar-refractivity contribution >= 4 is 0 Å². The second-order valence-electron chi connectivity index (χ2n) is 3.55. The van der Waals surface area contributed by atoms with Crippen LogP contribution in [0.2, 0.25) is 0 Å². The number of rotatable bonds is 8. The fourth-order valence-electron chi connectivity index (χ4n) is 1.39. The van der Waals surface area contributed by atoms with Gasteiger partial charge in [0.25, 0.3) is 0 Å². The predicted octanol–water partition coefficient (Wildman–Crippen LogP) is 2.00. The van der Waals surface area contributed by atoms with Gasteiger partial charge in [-0.25, -0.2) is 0 Å². The average Bonchev–Trinajstić information content (AvgIpc) is 2.36. The quantitative estimate of drug-likeness (QED) is 0.726. The Morgan fingerprint density at radius 1 is 1.11 bits per heavy atom. The Balaban J connectivity index is 2.35. The maximum atomic E-state index is 11.9. The fourth-order valence-corrected chi connectivity index (χ4v) is 1.39. The van der Waals surface area contributed by atoms with E-state index in [0.717, 1.165) is 5.56 Å². The van der Waals surface area contributed by atoms with Crippen molar-refractivity contribution in [3.8, 4) is 5.75 Å². The number of nitrogens with one attached hydrogen (secondary N) is 1. The zero-order valence-corrected chi connectivity index (χ0v) is 10.4. The molecule has 0 aliphatic carbocycles. The van der Waals surface area contributed by atoms with E-state index in [0.29, 0.717) is 13.1 Å². The van der Waals surface area contributed by atoms with Crippen molar-refractivity contribution in [2.75, 3.05) is 20.8 Å². The lowest BCUT2D eigenvalue weighted by Crippen LogP contribution is -2.29. The summed E-state index contributed by atoms with van der Waals surface area (Å²) < 4.78 is 38.1. The Hall–Kier alpha value is -1.24. The van der Waals surface area contributed by atoms with E-state index in [1.807, 2.05) is 0 Å². The molecule has 0 saturated heterocycles. The summed E-state index contributed by atoms with van der Waals surface area (Å²) in [5, 5.41) is 3.12. The summed E-state index contributed by atoms with van der Waals surface area (Å²) in [5.41, 5.74) is 0.961. The van der Waals surface area contributed by atoms with Gasteiger partial charge in [0.2, 0.25) is 0 Å². The van der Waals surface area contributed by atoms with Crippen LogP contribution in [-0.2, 0) is 16.0 Å². The van der Waals surface area contributed by atoms with Crippen molar-refractivity contribution in [2.45, 2.75) is 19.4 Å². The number of halogens is 2. The minimum absolute atomic E-state index is 0.153. The van der Waals surface area contributed by atoms with Crippen LogP contribution in [0.15, 0.2) is 24.3 Å². The highest BCUT2D eigenvalue weighted by atomic mass is 19.3. The van der Waals surface area contributed by atoms with Gasteiger partial charge in [0.15, 0.2) is 6.29 Å². The summed E-state index contributed by atoms with van der Waals surface area (Å²) in [6.45, 7) is -1.65. The van der Waals surface area contributed by atoms with Crippen LogP contribution in [0.4, 0.5) is 8.78 Å². The van der Waals surface area contributed by atoms with Crippen molar-refractivity contribution in [1.29, 1.82) is 0 Å². The van der Waals surface area contributed by atoms with Gasteiger partial charge in [-0.3, -0.25) is 0 Å². The second-order valence-corrected chi connectivity index (χ2v) is 3.55. The molecule has 1 rings (SSSR count). The Kier molecular flexibility index (Phi) is 6.56. The zero-order valence-electron chi connectivity index (χ0n) is 10.4. The molecule has 0 unspecified atom stereocenters. The normalized spacial score (nSPS) is 11.2. The van der Waals surface area contributed by atoms with Gasteiger partial charge in [0.05, 0.1) is 0 Å². The maximum Gasteiger partial charge on any atom is 0.387 e. The molecule has 0 aromatic heterocycles. The molecule has 0 saturated carbocycles. The van der Waals surface area contributed by atoms with Gasteiger partial charge in [-0.05, 0) is 17.7 Å². The molecular formula is C12H17F2NO3. The Bertz CT molecular complexity index is 329. The highest BCUT2D eigenvalue weighted by molar-refractivity contribution is 5.27. The minimum atomic E-state index is -2.79. The van der Waals surface area contributed by atoms with E-state index in [1.165, 1.54) is 12.1 Å². The van der Waals surface area contributed by atoms with Gasteiger partial charge in [-0.15, -0.1) is 0 Å². The summed E-state index contributed by atoms with van der Waals surface area (Å²) in [6, 6.07) is 6.46. The molecular weight excluding hydrogens is 244 g/mol. The lowest BCUT2D eigenvalue weighted by molar-refractivity contribution is -0.0989. The number of hydrogen-bond acceptors (Lipinski definition) is 4. The molecule has 1 aromatic carbocycles. The first kappa shape index (κ1) is 14.8. The SMILES string of the molecule is COC(CNCc1ccc(OC(F)F)cc1)OC. The molecule has 6 heteroatoms. The van der Waals surface area contributed by atoms with Gasteiger partial charge >= 0.3 is 6.61 Å². The number of alkyl halides is 2. The van der Waals surface area contributed by atoms with Crippen LogP contribution in [0.25, 0.3) is 0 Å². The first-order chi connectivity index (χ1) is 8.65. The first-order valence-electron chi connectivity index (χ1n) is 5.45. The molecule has 102 valence electrons. The van der Waals surface area contributed by atoms with Crippen LogP contribution in [0, 0.1) is 0 Å². The van der Waals surface area contributed by atoms with E-state index in [4.69, 9.17) is 9.47 Å². The Morgan fingerprint density at radius 3 is 2.22 bits per heavy atom. The smallest absolute Gasteiger partial charge is 0.387 e. The Labute approximate surface area is 105 Å². The van der Waals surface area contributed by atoms with Crippen molar-refractivity contribution in [3.63, 3.8) is 0 Å². The summed E-state index contributed by atoms with van der Waals surface area (Å²) in [7, 11) is 3.12. The third-order valence-corrected chi connectivity index (χ3v) is 2.31. The molecule has 0 fully saturated rings. The predicted molar refractivity (Wildman–Crippen MR) is 62.6 cm³/mol. The van der Waals surface area contributed by atoms with Crippen LogP contribution in [-0.4, -0.2) is 33.7 Å². The highest BCUT2D eigenvalue weighted by Crippen LogP contribution is 2.14. The van der Waals surface area contributed by atoms with E-state index in [2.05, 4.69) is 10.1 Å². The molecule has 0 amide bonds. The monoisotopic (exact) mass is 261 g/mol. The maximum absolute atomic E-state index is 11.9. The molecule has 4 nitrogen and oxygen atoms in total. The lowest BCUT2D eigenvalue weighted by atomic mass is 10.2. The van der Waals surface area contributed by atoms with Crippen LogP contribution < -0.4 is 10.1 Å². The standard InChI is InChI=1S/C12H17F2NO3/c1-16-11(17-2)8-15-7-9-3-5-10(6-4-9)18-12(13)14/h3-6,11-12,15H,7-8H2,1-2H3. The first-order valence-corrected chi connectivity index (χ1v) is 5.45. The molecule has 0 aliphatic rings. The number of methoxy groups -OCH3 is 2. The molecule has 0 radical (unpaired) electrons. The summed E-state index contributed by atoms with van der Waals surface area (Å²) in [5.74, 6) is 0.153. The van der Waals surface area contributed by atoms with Crippen LogP contribution >= 0.6 is 0 Å². The van der Waals surface area contributed by atoms with Crippen LogP contribution in [0.5, 0.6) is 5.75 Å². The van der Waals surface area contributed by atoms with Crippen molar-refractivity contribution in [3.05, 3.63) is 29.8 Å². The number of hydrogen-bond donors (Lipinski definition) is 1. The molecule has 0 spiro atoms. The topological polar surface area (TPSA) is 39.7 Å². The highest BCUT2D eigenvalue weighted by Gasteiger charge is 2.05. The summed E-state index contributed by atoms with van der Waals surface area (Å²) in [6.07, 6.45) is -0.300. The molecule has 18 heavy (non-hydrogen) atoms. The van der Waals surface area contributed by atoms with Gasteiger partial charge < -0.3 is 19.5 Å². The van der Waals surface area contributed by atoms with E-state index in [9.17, 15) is 8.78 Å². The fraction of sp³-hybridized carbons (Fsp3) is 0.500. The molecule has 1 N–H and O–H groups in total. The van der Waals surface area contributed by atoms with Gasteiger partial charge in [-0.2, -0.15) is 8.78 Å². The average molecular weight is 261 g/mol. The minimum Gasteiger partial charge on any atom is -0.435 e. The molecule has 1 aromatic rings. The Morgan fingerprint density at radius 2 is 1.72 bits per heavy atom. The summed E-state index contributed by atoms with van der Waals surface area (Å²) in [4.78, 5) is 0. The second kappa shape index (κ2) is 7.97. The van der Waals surface area contributed by atoms with Gasteiger partial charge in [0.1, 0.15) is 5.75 Å². The van der Waals surface area contributed by atoms with Crippen molar-refractivity contribution < 1.29 is 23.0 Å².